The van der Waals surface area contributed by atoms with Crippen LogP contribution in [0.15, 0.2) is 18.3 Å². The molecule has 70 valence electrons. The first-order valence-corrected chi connectivity index (χ1v) is 4.48. The molecule has 0 atom stereocenters. The molecule has 0 bridgehead atoms. The van der Waals surface area contributed by atoms with E-state index in [-0.39, 0.29) is 0 Å². The van der Waals surface area contributed by atoms with Crippen molar-refractivity contribution in [2.75, 3.05) is 27.2 Å². The van der Waals surface area contributed by atoms with Gasteiger partial charge in [-0.3, -0.25) is 0 Å². The standard InChI is InChI=1S/C10H14N2O/c1-12-6-9(7-12)8-3-4-10(13-2)11-5-8/h3-5,9H,6-7H2,1-2H3. The van der Waals surface area contributed by atoms with E-state index >= 15 is 0 Å². The number of pyridine rings is 1. The second kappa shape index (κ2) is 3.34. The second-order valence-electron chi connectivity index (χ2n) is 3.55. The van der Waals surface area contributed by atoms with Gasteiger partial charge in [0, 0.05) is 31.3 Å². The van der Waals surface area contributed by atoms with Gasteiger partial charge in [-0.05, 0) is 12.6 Å². The fourth-order valence-corrected chi connectivity index (χ4v) is 1.66. The summed E-state index contributed by atoms with van der Waals surface area (Å²) in [5, 5.41) is 0. The van der Waals surface area contributed by atoms with Crippen LogP contribution in [0.3, 0.4) is 0 Å². The summed E-state index contributed by atoms with van der Waals surface area (Å²) in [7, 11) is 3.77. The summed E-state index contributed by atoms with van der Waals surface area (Å²) in [5.74, 6) is 1.36. The van der Waals surface area contributed by atoms with Gasteiger partial charge in [-0.1, -0.05) is 6.07 Å². The van der Waals surface area contributed by atoms with Crippen LogP contribution >= 0.6 is 0 Å². The Hall–Kier alpha value is -1.09. The number of hydrogen-bond acceptors (Lipinski definition) is 3. The summed E-state index contributed by atoms with van der Waals surface area (Å²) in [4.78, 5) is 6.48. The summed E-state index contributed by atoms with van der Waals surface area (Å²) < 4.78 is 5.00. The molecule has 0 aliphatic carbocycles. The molecule has 0 spiro atoms. The number of methoxy groups -OCH3 is 1. The smallest absolute Gasteiger partial charge is 0.212 e. The fraction of sp³-hybridized carbons (Fsp3) is 0.500. The summed E-state index contributed by atoms with van der Waals surface area (Å²) in [6, 6.07) is 4.02. The van der Waals surface area contributed by atoms with Crippen LogP contribution in [0, 0.1) is 0 Å². The molecule has 13 heavy (non-hydrogen) atoms. The highest BCUT2D eigenvalue weighted by Crippen LogP contribution is 2.25. The Balaban J connectivity index is 2.06. The van der Waals surface area contributed by atoms with Gasteiger partial charge in [-0.25, -0.2) is 4.98 Å². The summed E-state index contributed by atoms with van der Waals surface area (Å²) in [5.41, 5.74) is 1.32. The first-order chi connectivity index (χ1) is 6.29. The zero-order valence-corrected chi connectivity index (χ0v) is 8.03. The van der Waals surface area contributed by atoms with E-state index in [9.17, 15) is 0 Å². The zero-order valence-electron chi connectivity index (χ0n) is 8.03. The zero-order chi connectivity index (χ0) is 9.26. The average molecular weight is 178 g/mol. The molecule has 0 saturated carbocycles. The Labute approximate surface area is 78.3 Å². The highest BCUT2D eigenvalue weighted by Gasteiger charge is 2.24. The lowest BCUT2D eigenvalue weighted by Gasteiger charge is -2.36. The molecule has 1 aromatic rings. The van der Waals surface area contributed by atoms with Crippen molar-refractivity contribution in [1.29, 1.82) is 0 Å². The maximum absolute atomic E-state index is 5.00. The van der Waals surface area contributed by atoms with Crippen LogP contribution in [-0.4, -0.2) is 37.1 Å². The molecule has 1 fully saturated rings. The Morgan fingerprint density at radius 1 is 1.46 bits per heavy atom. The number of ether oxygens (including phenoxy) is 1. The van der Waals surface area contributed by atoms with Crippen molar-refractivity contribution < 1.29 is 4.74 Å². The third-order valence-electron chi connectivity index (χ3n) is 2.50. The number of aromatic nitrogens is 1. The van der Waals surface area contributed by atoms with Crippen LogP contribution in [0.1, 0.15) is 11.5 Å². The second-order valence-corrected chi connectivity index (χ2v) is 3.55. The van der Waals surface area contributed by atoms with E-state index in [0.29, 0.717) is 11.8 Å². The topological polar surface area (TPSA) is 25.4 Å². The van der Waals surface area contributed by atoms with E-state index in [1.807, 2.05) is 12.3 Å². The van der Waals surface area contributed by atoms with Crippen LogP contribution in [0.5, 0.6) is 5.88 Å². The van der Waals surface area contributed by atoms with Gasteiger partial charge in [-0.15, -0.1) is 0 Å². The van der Waals surface area contributed by atoms with Crippen molar-refractivity contribution in [2.45, 2.75) is 5.92 Å². The Kier molecular flexibility index (Phi) is 2.19. The number of likely N-dealkylation sites (tertiary alicyclic amines) is 1. The van der Waals surface area contributed by atoms with Gasteiger partial charge in [-0.2, -0.15) is 0 Å². The lowest BCUT2D eigenvalue weighted by atomic mass is 9.94. The first-order valence-electron chi connectivity index (χ1n) is 4.48. The van der Waals surface area contributed by atoms with Gasteiger partial charge in [0.2, 0.25) is 5.88 Å². The van der Waals surface area contributed by atoms with E-state index in [1.54, 1.807) is 7.11 Å². The van der Waals surface area contributed by atoms with Crippen LogP contribution in [0.25, 0.3) is 0 Å². The molecular weight excluding hydrogens is 164 g/mol. The Morgan fingerprint density at radius 2 is 2.23 bits per heavy atom. The van der Waals surface area contributed by atoms with E-state index in [2.05, 4.69) is 23.0 Å². The number of rotatable bonds is 2. The number of hydrogen-bond donors (Lipinski definition) is 0. The highest BCUT2D eigenvalue weighted by molar-refractivity contribution is 5.23. The minimum atomic E-state index is 0.670. The maximum Gasteiger partial charge on any atom is 0.212 e. The SMILES string of the molecule is COc1ccc(C2CN(C)C2)cn1. The third kappa shape index (κ3) is 1.65. The predicted octanol–water partition coefficient (Wildman–Crippen LogP) is 1.12. The first kappa shape index (κ1) is 8.51. The average Bonchev–Trinajstić information content (AvgIpc) is 2.13. The molecule has 2 rings (SSSR count). The van der Waals surface area contributed by atoms with Crippen molar-refractivity contribution in [1.82, 2.24) is 9.88 Å². The molecule has 1 aliphatic heterocycles. The number of likely N-dealkylation sites (N-methyl/N-ethyl adjacent to an activating group) is 1. The van der Waals surface area contributed by atoms with Crippen LogP contribution < -0.4 is 4.74 Å². The molecule has 3 nitrogen and oxygen atoms in total. The van der Waals surface area contributed by atoms with Crippen molar-refractivity contribution in [2.24, 2.45) is 0 Å². The van der Waals surface area contributed by atoms with Gasteiger partial charge in [0.25, 0.3) is 0 Å². The lowest BCUT2D eigenvalue weighted by molar-refractivity contribution is 0.189. The summed E-state index contributed by atoms with van der Waals surface area (Å²) >= 11 is 0. The quantitative estimate of drug-likeness (QED) is 0.678. The van der Waals surface area contributed by atoms with Crippen molar-refractivity contribution in [3.63, 3.8) is 0 Å². The van der Waals surface area contributed by atoms with E-state index < -0.39 is 0 Å². The third-order valence-corrected chi connectivity index (χ3v) is 2.50. The molecular formula is C10H14N2O. The molecule has 1 saturated heterocycles. The number of nitrogens with zero attached hydrogens (tertiary/aromatic N) is 2. The summed E-state index contributed by atoms with van der Waals surface area (Å²) in [6.45, 7) is 2.29. The van der Waals surface area contributed by atoms with Crippen LogP contribution in [0.4, 0.5) is 0 Å². The van der Waals surface area contributed by atoms with Gasteiger partial charge >= 0.3 is 0 Å². The molecule has 0 N–H and O–H groups in total. The van der Waals surface area contributed by atoms with Crippen molar-refractivity contribution in [3.05, 3.63) is 23.9 Å². The Bertz CT molecular complexity index is 277. The molecule has 0 aromatic carbocycles. The molecule has 2 heterocycles. The van der Waals surface area contributed by atoms with Gasteiger partial charge in [0.1, 0.15) is 0 Å². The van der Waals surface area contributed by atoms with E-state index in [1.165, 1.54) is 5.56 Å². The Morgan fingerprint density at radius 3 is 2.69 bits per heavy atom. The van der Waals surface area contributed by atoms with Crippen LogP contribution in [-0.2, 0) is 0 Å². The largest absolute Gasteiger partial charge is 0.481 e. The fourth-order valence-electron chi connectivity index (χ4n) is 1.66. The van der Waals surface area contributed by atoms with E-state index in [4.69, 9.17) is 4.74 Å². The minimum absolute atomic E-state index is 0.670. The molecule has 1 aliphatic rings. The molecule has 0 amide bonds. The predicted molar refractivity (Wildman–Crippen MR) is 51.0 cm³/mol. The van der Waals surface area contributed by atoms with Gasteiger partial charge in [0.05, 0.1) is 7.11 Å². The molecule has 3 heteroatoms. The van der Waals surface area contributed by atoms with Gasteiger partial charge < -0.3 is 9.64 Å². The lowest BCUT2D eigenvalue weighted by Crippen LogP contribution is -2.41. The molecule has 0 radical (unpaired) electrons. The molecule has 0 unspecified atom stereocenters. The minimum Gasteiger partial charge on any atom is -0.481 e. The van der Waals surface area contributed by atoms with E-state index in [0.717, 1.165) is 13.1 Å². The van der Waals surface area contributed by atoms with Crippen molar-refractivity contribution >= 4 is 0 Å². The molecule has 1 aromatic heterocycles. The highest BCUT2D eigenvalue weighted by atomic mass is 16.5. The van der Waals surface area contributed by atoms with Crippen LogP contribution in [0.2, 0.25) is 0 Å². The maximum atomic E-state index is 5.00. The van der Waals surface area contributed by atoms with Gasteiger partial charge in [0.15, 0.2) is 0 Å². The monoisotopic (exact) mass is 178 g/mol. The summed E-state index contributed by atoms with van der Waals surface area (Å²) in [6.07, 6.45) is 1.91. The van der Waals surface area contributed by atoms with Crippen molar-refractivity contribution in [3.8, 4) is 5.88 Å². The normalized spacial score (nSPS) is 18.3.